The number of carbonyl (C=O) groups excluding carboxylic acids is 2. The van der Waals surface area contributed by atoms with Crippen LogP contribution in [0.5, 0.6) is 5.75 Å². The van der Waals surface area contributed by atoms with Crippen molar-refractivity contribution in [2.75, 3.05) is 23.4 Å². The van der Waals surface area contributed by atoms with E-state index < -0.39 is 0 Å². The number of ether oxygens (including phenoxy) is 1. The zero-order valence-electron chi connectivity index (χ0n) is 15.7. The van der Waals surface area contributed by atoms with Crippen LogP contribution >= 0.6 is 0 Å². The number of carbonyl (C=O) groups is 2. The first kappa shape index (κ1) is 19.2. The van der Waals surface area contributed by atoms with Gasteiger partial charge in [0.2, 0.25) is 0 Å². The average molecular weight is 374 g/mol. The van der Waals surface area contributed by atoms with E-state index in [9.17, 15) is 9.59 Å². The van der Waals surface area contributed by atoms with Crippen molar-refractivity contribution in [3.05, 3.63) is 90.5 Å². The van der Waals surface area contributed by atoms with Crippen LogP contribution in [0.2, 0.25) is 0 Å². The maximum Gasteiger partial charge on any atom is 0.262 e. The highest BCUT2D eigenvalue weighted by molar-refractivity contribution is 6.11. The van der Waals surface area contributed by atoms with Crippen LogP contribution in [0.25, 0.3) is 0 Å². The van der Waals surface area contributed by atoms with E-state index >= 15 is 0 Å². The Hall–Kier alpha value is -3.60. The predicted molar refractivity (Wildman–Crippen MR) is 111 cm³/mol. The lowest BCUT2D eigenvalue weighted by Crippen LogP contribution is -2.32. The van der Waals surface area contributed by atoms with Crippen molar-refractivity contribution >= 4 is 23.2 Å². The standard InChI is InChI=1S/C23H22N2O3/c1-2-25(18-11-5-3-6-12-18)23(27)20-15-9-10-16-21(20)24-22(26)17-28-19-13-7-4-8-14-19/h3-16H,2,17H2,1H3,(H,24,26). The van der Waals surface area contributed by atoms with Gasteiger partial charge in [-0.2, -0.15) is 0 Å². The fourth-order valence-corrected chi connectivity index (χ4v) is 2.83. The molecule has 0 aliphatic carbocycles. The molecule has 0 heterocycles. The highest BCUT2D eigenvalue weighted by Crippen LogP contribution is 2.22. The molecule has 3 aromatic carbocycles. The molecular formula is C23H22N2O3. The summed E-state index contributed by atoms with van der Waals surface area (Å²) in [5, 5.41) is 2.78. The minimum absolute atomic E-state index is 0.136. The first-order chi connectivity index (χ1) is 13.7. The van der Waals surface area contributed by atoms with Crippen molar-refractivity contribution in [2.24, 2.45) is 0 Å². The molecule has 142 valence electrons. The van der Waals surface area contributed by atoms with Crippen molar-refractivity contribution < 1.29 is 14.3 Å². The van der Waals surface area contributed by atoms with Gasteiger partial charge in [-0.05, 0) is 43.3 Å². The SMILES string of the molecule is CCN(C(=O)c1ccccc1NC(=O)COc1ccccc1)c1ccccc1. The molecule has 5 nitrogen and oxygen atoms in total. The lowest BCUT2D eigenvalue weighted by molar-refractivity contribution is -0.118. The van der Waals surface area contributed by atoms with Gasteiger partial charge in [0.1, 0.15) is 5.75 Å². The van der Waals surface area contributed by atoms with E-state index in [0.717, 1.165) is 5.69 Å². The molecule has 0 saturated carbocycles. The van der Waals surface area contributed by atoms with Crippen LogP contribution in [0.15, 0.2) is 84.9 Å². The Labute approximate surface area is 164 Å². The highest BCUT2D eigenvalue weighted by atomic mass is 16.5. The molecule has 0 aliphatic rings. The van der Waals surface area contributed by atoms with Gasteiger partial charge in [0.05, 0.1) is 11.3 Å². The molecule has 0 aliphatic heterocycles. The third-order valence-corrected chi connectivity index (χ3v) is 4.17. The summed E-state index contributed by atoms with van der Waals surface area (Å²) in [5.41, 5.74) is 1.70. The molecule has 3 aromatic rings. The summed E-state index contributed by atoms with van der Waals surface area (Å²) in [6.07, 6.45) is 0. The number of nitrogens with one attached hydrogen (secondary N) is 1. The molecule has 0 fully saturated rings. The van der Waals surface area contributed by atoms with E-state index in [1.807, 2.05) is 55.5 Å². The summed E-state index contributed by atoms with van der Waals surface area (Å²) in [4.78, 5) is 27.1. The molecule has 0 spiro atoms. The minimum Gasteiger partial charge on any atom is -0.484 e. The van der Waals surface area contributed by atoms with E-state index in [1.54, 1.807) is 41.3 Å². The maximum absolute atomic E-state index is 13.1. The topological polar surface area (TPSA) is 58.6 Å². The monoisotopic (exact) mass is 374 g/mol. The summed E-state index contributed by atoms with van der Waals surface area (Å²) in [5.74, 6) is 0.115. The average Bonchev–Trinajstić information content (AvgIpc) is 2.74. The van der Waals surface area contributed by atoms with Gasteiger partial charge in [-0.25, -0.2) is 0 Å². The Morgan fingerprint density at radius 1 is 0.857 bits per heavy atom. The summed E-state index contributed by atoms with van der Waals surface area (Å²) in [7, 11) is 0. The van der Waals surface area contributed by atoms with E-state index in [0.29, 0.717) is 23.5 Å². The van der Waals surface area contributed by atoms with Crippen LogP contribution in [-0.2, 0) is 4.79 Å². The predicted octanol–water partition coefficient (Wildman–Crippen LogP) is 4.37. The number of amides is 2. The van der Waals surface area contributed by atoms with Gasteiger partial charge in [-0.15, -0.1) is 0 Å². The second-order valence-corrected chi connectivity index (χ2v) is 6.08. The molecule has 3 rings (SSSR count). The van der Waals surface area contributed by atoms with Gasteiger partial charge in [-0.3, -0.25) is 9.59 Å². The fourth-order valence-electron chi connectivity index (χ4n) is 2.83. The van der Waals surface area contributed by atoms with Crippen molar-refractivity contribution in [1.29, 1.82) is 0 Å². The molecule has 0 bridgehead atoms. The lowest BCUT2D eigenvalue weighted by Gasteiger charge is -2.22. The zero-order chi connectivity index (χ0) is 19.8. The molecule has 1 N–H and O–H groups in total. The van der Waals surface area contributed by atoms with Crippen LogP contribution in [-0.4, -0.2) is 25.0 Å². The van der Waals surface area contributed by atoms with Crippen LogP contribution in [0.4, 0.5) is 11.4 Å². The molecule has 0 saturated heterocycles. The number of nitrogens with zero attached hydrogens (tertiary/aromatic N) is 1. The van der Waals surface area contributed by atoms with E-state index in [2.05, 4.69) is 5.32 Å². The van der Waals surface area contributed by atoms with E-state index in [-0.39, 0.29) is 18.4 Å². The Morgan fingerprint density at radius 2 is 1.46 bits per heavy atom. The Morgan fingerprint density at radius 3 is 2.14 bits per heavy atom. The quantitative estimate of drug-likeness (QED) is 0.668. The number of anilines is 2. The summed E-state index contributed by atoms with van der Waals surface area (Å²) < 4.78 is 5.47. The molecule has 2 amide bonds. The molecular weight excluding hydrogens is 352 g/mol. The van der Waals surface area contributed by atoms with Crippen molar-refractivity contribution in [2.45, 2.75) is 6.92 Å². The van der Waals surface area contributed by atoms with Crippen LogP contribution in [0.1, 0.15) is 17.3 Å². The van der Waals surface area contributed by atoms with Crippen LogP contribution < -0.4 is 15.0 Å². The van der Waals surface area contributed by atoms with E-state index in [4.69, 9.17) is 4.74 Å². The molecule has 0 radical (unpaired) electrons. The first-order valence-electron chi connectivity index (χ1n) is 9.12. The number of benzene rings is 3. The van der Waals surface area contributed by atoms with E-state index in [1.165, 1.54) is 0 Å². The maximum atomic E-state index is 13.1. The Bertz CT molecular complexity index is 927. The van der Waals surface area contributed by atoms with Crippen molar-refractivity contribution in [1.82, 2.24) is 0 Å². The summed E-state index contributed by atoms with van der Waals surface area (Å²) in [6, 6.07) is 25.6. The van der Waals surface area contributed by atoms with Gasteiger partial charge >= 0.3 is 0 Å². The highest BCUT2D eigenvalue weighted by Gasteiger charge is 2.20. The van der Waals surface area contributed by atoms with Crippen molar-refractivity contribution in [3.63, 3.8) is 0 Å². The molecule has 0 atom stereocenters. The molecule has 0 unspecified atom stereocenters. The molecule has 0 aromatic heterocycles. The largest absolute Gasteiger partial charge is 0.484 e. The van der Waals surface area contributed by atoms with Gasteiger partial charge < -0.3 is 15.0 Å². The van der Waals surface area contributed by atoms with Gasteiger partial charge in [0.15, 0.2) is 6.61 Å². The van der Waals surface area contributed by atoms with Crippen LogP contribution in [0.3, 0.4) is 0 Å². The fraction of sp³-hybridized carbons (Fsp3) is 0.130. The minimum atomic E-state index is -0.327. The normalized spacial score (nSPS) is 10.2. The van der Waals surface area contributed by atoms with Gasteiger partial charge in [0, 0.05) is 12.2 Å². The third kappa shape index (κ3) is 4.76. The summed E-state index contributed by atoms with van der Waals surface area (Å²) >= 11 is 0. The number of hydrogen-bond donors (Lipinski definition) is 1. The number of rotatable bonds is 7. The van der Waals surface area contributed by atoms with Crippen molar-refractivity contribution in [3.8, 4) is 5.75 Å². The van der Waals surface area contributed by atoms with Crippen LogP contribution in [0, 0.1) is 0 Å². The second kappa shape index (κ2) is 9.37. The number of para-hydroxylation sites is 3. The zero-order valence-corrected chi connectivity index (χ0v) is 15.7. The Balaban J connectivity index is 1.73. The second-order valence-electron chi connectivity index (χ2n) is 6.08. The first-order valence-corrected chi connectivity index (χ1v) is 9.12. The lowest BCUT2D eigenvalue weighted by atomic mass is 10.1. The Kier molecular flexibility index (Phi) is 6.41. The molecule has 28 heavy (non-hydrogen) atoms. The number of hydrogen-bond acceptors (Lipinski definition) is 3. The van der Waals surface area contributed by atoms with Gasteiger partial charge in [0.25, 0.3) is 11.8 Å². The summed E-state index contributed by atoms with van der Waals surface area (Å²) in [6.45, 7) is 2.30. The molecule has 5 heteroatoms. The third-order valence-electron chi connectivity index (χ3n) is 4.17. The smallest absolute Gasteiger partial charge is 0.262 e. The van der Waals surface area contributed by atoms with Gasteiger partial charge in [-0.1, -0.05) is 48.5 Å².